The number of aromatic amines is 2. The lowest BCUT2D eigenvalue weighted by Gasteiger charge is -2.03. The van der Waals surface area contributed by atoms with Crippen LogP contribution in [-0.2, 0) is 4.79 Å². The molecule has 0 bridgehead atoms. The van der Waals surface area contributed by atoms with Gasteiger partial charge in [-0.3, -0.25) is 15.0 Å². The highest BCUT2D eigenvalue weighted by Gasteiger charge is 2.13. The van der Waals surface area contributed by atoms with Gasteiger partial charge in [0.05, 0.1) is 27.9 Å². The molecular weight excluding hydrogens is 383 g/mol. The lowest BCUT2D eigenvalue weighted by molar-refractivity contribution is -0.113. The quantitative estimate of drug-likeness (QED) is 0.568. The number of halogens is 2. The van der Waals surface area contributed by atoms with Crippen molar-refractivity contribution in [1.82, 2.24) is 25.4 Å². The van der Waals surface area contributed by atoms with Crippen LogP contribution in [0.1, 0.15) is 11.4 Å². The van der Waals surface area contributed by atoms with Crippen LogP contribution in [-0.4, -0.2) is 37.0 Å². The van der Waals surface area contributed by atoms with Gasteiger partial charge in [-0.25, -0.2) is 4.98 Å². The maximum atomic E-state index is 12.1. The molecule has 0 atom stereocenters. The number of nitrogens with zero attached hydrogens (tertiary/aromatic N) is 3. The van der Waals surface area contributed by atoms with Crippen LogP contribution in [0.15, 0.2) is 23.4 Å². The van der Waals surface area contributed by atoms with Crippen LogP contribution in [0.3, 0.4) is 0 Å². The highest BCUT2D eigenvalue weighted by atomic mass is 35.5. The average Bonchev–Trinajstić information content (AvgIpc) is 3.15. The molecule has 130 valence electrons. The van der Waals surface area contributed by atoms with E-state index in [2.05, 4.69) is 30.7 Å². The zero-order chi connectivity index (χ0) is 18.0. The predicted molar refractivity (Wildman–Crippen MR) is 99.3 cm³/mol. The molecule has 1 amide bonds. The van der Waals surface area contributed by atoms with Gasteiger partial charge in [-0.05, 0) is 32.0 Å². The first kappa shape index (κ1) is 17.8. The first-order valence-electron chi connectivity index (χ1n) is 7.26. The van der Waals surface area contributed by atoms with Crippen LogP contribution in [0, 0.1) is 13.8 Å². The molecule has 3 aromatic rings. The minimum Gasteiger partial charge on any atom is -0.322 e. The Labute approximate surface area is 157 Å². The summed E-state index contributed by atoms with van der Waals surface area (Å²) in [7, 11) is 0. The first-order chi connectivity index (χ1) is 11.9. The van der Waals surface area contributed by atoms with E-state index in [-0.39, 0.29) is 11.7 Å². The van der Waals surface area contributed by atoms with Gasteiger partial charge in [-0.1, -0.05) is 35.0 Å². The van der Waals surface area contributed by atoms with E-state index in [1.165, 1.54) is 11.8 Å². The number of amides is 1. The number of thioether (sulfide) groups is 1. The molecule has 0 spiro atoms. The Bertz CT molecular complexity index is 903. The average molecular weight is 397 g/mol. The van der Waals surface area contributed by atoms with E-state index >= 15 is 0 Å². The fraction of sp³-hybridized carbons (Fsp3) is 0.200. The molecule has 10 heteroatoms. The number of hydrogen-bond donors (Lipinski definition) is 3. The molecule has 7 nitrogen and oxygen atoms in total. The van der Waals surface area contributed by atoms with Gasteiger partial charge in [-0.2, -0.15) is 5.10 Å². The van der Waals surface area contributed by atoms with Gasteiger partial charge in [0.2, 0.25) is 11.1 Å². The summed E-state index contributed by atoms with van der Waals surface area (Å²) >= 11 is 13.3. The van der Waals surface area contributed by atoms with Crippen molar-refractivity contribution in [2.75, 3.05) is 11.1 Å². The minimum absolute atomic E-state index is 0.159. The number of H-pyrrole nitrogens is 2. The first-order valence-corrected chi connectivity index (χ1v) is 9.00. The number of anilines is 1. The van der Waals surface area contributed by atoms with Gasteiger partial charge < -0.3 is 5.32 Å². The van der Waals surface area contributed by atoms with Gasteiger partial charge in [0.25, 0.3) is 0 Å². The van der Waals surface area contributed by atoms with Gasteiger partial charge in [0.1, 0.15) is 0 Å². The number of nitrogens with one attached hydrogen (secondary N) is 3. The van der Waals surface area contributed by atoms with E-state index in [0.29, 0.717) is 32.3 Å². The SMILES string of the molecule is Cc1n[nH]c(C)c1NC(=O)CSc1n[nH]c(-c2ccc(Cl)cc2Cl)n1. The van der Waals surface area contributed by atoms with E-state index in [1.54, 1.807) is 18.2 Å². The molecule has 0 saturated carbocycles. The summed E-state index contributed by atoms with van der Waals surface area (Å²) in [5, 5.41) is 18.1. The topological polar surface area (TPSA) is 99.4 Å². The second kappa shape index (κ2) is 7.47. The largest absolute Gasteiger partial charge is 0.322 e. The molecule has 0 radical (unpaired) electrons. The zero-order valence-corrected chi connectivity index (χ0v) is 15.7. The molecular formula is C15H14Cl2N6OS. The Balaban J connectivity index is 1.63. The Morgan fingerprint density at radius 2 is 2.04 bits per heavy atom. The predicted octanol–water partition coefficient (Wildman–Crippen LogP) is 3.85. The van der Waals surface area contributed by atoms with Crippen molar-refractivity contribution in [2.45, 2.75) is 19.0 Å². The summed E-state index contributed by atoms with van der Waals surface area (Å²) in [5.41, 5.74) is 2.95. The second-order valence-electron chi connectivity index (χ2n) is 5.24. The summed E-state index contributed by atoms with van der Waals surface area (Å²) < 4.78 is 0. The van der Waals surface area contributed by atoms with E-state index in [1.807, 2.05) is 13.8 Å². The molecule has 3 N–H and O–H groups in total. The Kier molecular flexibility index (Phi) is 5.31. The van der Waals surface area contributed by atoms with Crippen molar-refractivity contribution in [3.05, 3.63) is 39.6 Å². The van der Waals surface area contributed by atoms with Gasteiger partial charge in [-0.15, -0.1) is 5.10 Å². The number of hydrogen-bond acceptors (Lipinski definition) is 5. The van der Waals surface area contributed by atoms with Gasteiger partial charge in [0.15, 0.2) is 5.82 Å². The smallest absolute Gasteiger partial charge is 0.234 e. The van der Waals surface area contributed by atoms with Crippen molar-refractivity contribution < 1.29 is 4.79 Å². The number of aryl methyl sites for hydroxylation is 2. The van der Waals surface area contributed by atoms with Crippen molar-refractivity contribution in [3.63, 3.8) is 0 Å². The van der Waals surface area contributed by atoms with E-state index in [4.69, 9.17) is 23.2 Å². The molecule has 2 heterocycles. The standard InChI is InChI=1S/C15H14Cl2N6OS/c1-7-13(8(2)21-20-7)18-12(24)6-25-15-19-14(22-23-15)10-4-3-9(16)5-11(10)17/h3-5H,6H2,1-2H3,(H,18,24)(H,20,21)(H,19,22,23). The number of aromatic nitrogens is 5. The summed E-state index contributed by atoms with van der Waals surface area (Å²) in [6.45, 7) is 3.67. The third-order valence-corrected chi connectivity index (χ3v) is 4.77. The number of carbonyl (C=O) groups is 1. The van der Waals surface area contributed by atoms with Crippen molar-refractivity contribution in [1.29, 1.82) is 0 Å². The molecule has 0 aliphatic heterocycles. The minimum atomic E-state index is -0.159. The van der Waals surface area contributed by atoms with Crippen LogP contribution in [0.5, 0.6) is 0 Å². The van der Waals surface area contributed by atoms with Crippen molar-refractivity contribution in [3.8, 4) is 11.4 Å². The molecule has 0 unspecified atom stereocenters. The lowest BCUT2D eigenvalue weighted by atomic mass is 10.2. The molecule has 0 fully saturated rings. The molecule has 0 aliphatic rings. The molecule has 2 aromatic heterocycles. The maximum absolute atomic E-state index is 12.1. The highest BCUT2D eigenvalue weighted by molar-refractivity contribution is 7.99. The molecule has 1 aromatic carbocycles. The fourth-order valence-corrected chi connectivity index (χ4v) is 3.25. The van der Waals surface area contributed by atoms with Crippen molar-refractivity contribution in [2.24, 2.45) is 0 Å². The third kappa shape index (κ3) is 4.15. The highest BCUT2D eigenvalue weighted by Crippen LogP contribution is 2.29. The lowest BCUT2D eigenvalue weighted by Crippen LogP contribution is -2.15. The molecule has 3 rings (SSSR count). The van der Waals surface area contributed by atoms with Crippen LogP contribution in [0.25, 0.3) is 11.4 Å². The Hall–Kier alpha value is -2.03. The van der Waals surface area contributed by atoms with Crippen LogP contribution in [0.2, 0.25) is 10.0 Å². The molecule has 0 aliphatic carbocycles. The Morgan fingerprint density at radius 1 is 1.24 bits per heavy atom. The number of benzene rings is 1. The van der Waals surface area contributed by atoms with Gasteiger partial charge in [0, 0.05) is 10.6 Å². The van der Waals surface area contributed by atoms with E-state index in [0.717, 1.165) is 11.4 Å². The normalized spacial score (nSPS) is 10.9. The summed E-state index contributed by atoms with van der Waals surface area (Å²) in [5.74, 6) is 0.537. The Morgan fingerprint density at radius 3 is 2.72 bits per heavy atom. The third-order valence-electron chi connectivity index (χ3n) is 3.38. The summed E-state index contributed by atoms with van der Waals surface area (Å²) in [6, 6.07) is 5.12. The second-order valence-corrected chi connectivity index (χ2v) is 7.02. The maximum Gasteiger partial charge on any atom is 0.234 e. The van der Waals surface area contributed by atoms with Crippen molar-refractivity contribution >= 4 is 46.6 Å². The van der Waals surface area contributed by atoms with Gasteiger partial charge >= 0.3 is 0 Å². The van der Waals surface area contributed by atoms with Crippen LogP contribution >= 0.6 is 35.0 Å². The molecule has 0 saturated heterocycles. The number of rotatable bonds is 5. The summed E-state index contributed by atoms with van der Waals surface area (Å²) in [4.78, 5) is 16.4. The van der Waals surface area contributed by atoms with Crippen LogP contribution < -0.4 is 5.32 Å². The van der Waals surface area contributed by atoms with E-state index < -0.39 is 0 Å². The number of carbonyl (C=O) groups excluding carboxylic acids is 1. The fourth-order valence-electron chi connectivity index (χ4n) is 2.15. The van der Waals surface area contributed by atoms with E-state index in [9.17, 15) is 4.79 Å². The summed E-state index contributed by atoms with van der Waals surface area (Å²) in [6.07, 6.45) is 0. The molecule has 25 heavy (non-hydrogen) atoms. The van der Waals surface area contributed by atoms with Crippen LogP contribution in [0.4, 0.5) is 5.69 Å². The zero-order valence-electron chi connectivity index (χ0n) is 13.4. The monoisotopic (exact) mass is 396 g/mol.